The Labute approximate surface area is 86.7 Å². The smallest absolute Gasteiger partial charge is 0.408 e. The molecule has 1 aromatic carbocycles. The van der Waals surface area contributed by atoms with Gasteiger partial charge in [-0.3, -0.25) is 4.57 Å². The van der Waals surface area contributed by atoms with Gasteiger partial charge in [0, 0.05) is 18.8 Å². The molecule has 0 saturated heterocycles. The molecule has 5 nitrogen and oxygen atoms in total. The summed E-state index contributed by atoms with van der Waals surface area (Å²) in [6, 6.07) is 5.58. The van der Waals surface area contributed by atoms with Crippen LogP contribution in [0.3, 0.4) is 0 Å². The number of benzene rings is 1. The topological polar surface area (TPSA) is 59.2 Å². The zero-order valence-corrected chi connectivity index (χ0v) is 8.70. The van der Waals surface area contributed by atoms with Gasteiger partial charge < -0.3 is 15.1 Å². The lowest BCUT2D eigenvalue weighted by atomic mass is 10.3. The van der Waals surface area contributed by atoms with Crippen LogP contribution in [0.15, 0.2) is 27.4 Å². The normalized spacial score (nSPS) is 10.8. The van der Waals surface area contributed by atoms with E-state index in [0.29, 0.717) is 12.3 Å². The quantitative estimate of drug-likeness (QED) is 0.728. The van der Waals surface area contributed by atoms with E-state index < -0.39 is 0 Å². The Bertz CT molecular complexity index is 527. The van der Waals surface area contributed by atoms with E-state index in [9.17, 15) is 4.79 Å². The Kier molecular flexibility index (Phi) is 2.47. The molecule has 0 saturated carbocycles. The number of nitrogens with zero attached hydrogens (tertiary/aromatic N) is 1. The van der Waals surface area contributed by atoms with E-state index in [1.807, 2.05) is 25.2 Å². The van der Waals surface area contributed by atoms with Gasteiger partial charge in [0.1, 0.15) is 0 Å². The van der Waals surface area contributed by atoms with Crippen molar-refractivity contribution < 1.29 is 4.42 Å². The molecular weight excluding hydrogens is 194 g/mol. The van der Waals surface area contributed by atoms with Crippen molar-refractivity contribution in [3.8, 4) is 0 Å². The number of aromatic nitrogens is 1. The molecule has 0 fully saturated rings. The molecule has 1 aromatic heterocycles. The number of oxazole rings is 1. The van der Waals surface area contributed by atoms with Crippen molar-refractivity contribution in [3.05, 3.63) is 28.7 Å². The number of hydrogen-bond acceptors (Lipinski definition) is 4. The van der Waals surface area contributed by atoms with Crippen LogP contribution in [0.5, 0.6) is 0 Å². The Morgan fingerprint density at radius 1 is 1.47 bits per heavy atom. The number of nitrogens with one attached hydrogen (secondary N) is 2. The number of rotatable bonds is 3. The molecule has 0 atom stereocenters. The van der Waals surface area contributed by atoms with Gasteiger partial charge in [0.05, 0.1) is 12.2 Å². The molecule has 5 heteroatoms. The zero-order valence-electron chi connectivity index (χ0n) is 8.70. The third-order valence-corrected chi connectivity index (χ3v) is 2.26. The first kappa shape index (κ1) is 9.79. The second kappa shape index (κ2) is 3.78. The molecule has 0 aliphatic rings. The van der Waals surface area contributed by atoms with E-state index in [-0.39, 0.29) is 5.76 Å². The Balaban J connectivity index is 2.43. The molecule has 80 valence electrons. The Morgan fingerprint density at radius 3 is 3.00 bits per heavy atom. The predicted octanol–water partition coefficient (Wildman–Crippen LogP) is 0.720. The number of anilines is 1. The average Bonchev–Trinajstić information content (AvgIpc) is 2.52. The van der Waals surface area contributed by atoms with E-state index in [0.717, 1.165) is 11.2 Å². The fourth-order valence-electron chi connectivity index (χ4n) is 1.43. The Hall–Kier alpha value is -1.75. The molecule has 15 heavy (non-hydrogen) atoms. The van der Waals surface area contributed by atoms with Crippen LogP contribution in [0.4, 0.5) is 5.69 Å². The first-order valence-electron chi connectivity index (χ1n) is 4.70. The molecule has 2 aromatic rings. The highest BCUT2D eigenvalue weighted by atomic mass is 16.4. The van der Waals surface area contributed by atoms with Crippen LogP contribution in [0.25, 0.3) is 11.1 Å². The van der Waals surface area contributed by atoms with Gasteiger partial charge in [0.25, 0.3) is 0 Å². The first-order chi connectivity index (χ1) is 7.22. The van der Waals surface area contributed by atoms with Gasteiger partial charge in [0.15, 0.2) is 5.58 Å². The maximum absolute atomic E-state index is 11.2. The number of hydrogen-bond donors (Lipinski definition) is 2. The lowest BCUT2D eigenvalue weighted by Crippen LogP contribution is -2.16. The van der Waals surface area contributed by atoms with Crippen LogP contribution in [-0.4, -0.2) is 18.3 Å². The van der Waals surface area contributed by atoms with Crippen LogP contribution in [0.1, 0.15) is 0 Å². The van der Waals surface area contributed by atoms with Crippen LogP contribution < -0.4 is 16.4 Å². The second-order valence-electron chi connectivity index (χ2n) is 3.32. The lowest BCUT2D eigenvalue weighted by Gasteiger charge is -2.04. The summed E-state index contributed by atoms with van der Waals surface area (Å²) in [6.07, 6.45) is 0. The minimum absolute atomic E-state index is 0.337. The minimum atomic E-state index is -0.337. The molecule has 1 heterocycles. The summed E-state index contributed by atoms with van der Waals surface area (Å²) in [6.45, 7) is 0.669. The van der Waals surface area contributed by atoms with Gasteiger partial charge >= 0.3 is 5.76 Å². The standard InChI is InChI=1S/C10H13N3O2/c1-11-6-12-7-3-4-8-9(5-7)15-10(14)13(8)2/h3-5,11-12H,6H2,1-2H3. The summed E-state index contributed by atoms with van der Waals surface area (Å²) < 4.78 is 6.55. The van der Waals surface area contributed by atoms with Gasteiger partial charge in [-0.05, 0) is 19.2 Å². The number of aryl methyl sites for hydroxylation is 1. The lowest BCUT2D eigenvalue weighted by molar-refractivity contribution is 0.528. The fourth-order valence-corrected chi connectivity index (χ4v) is 1.43. The van der Waals surface area contributed by atoms with Crippen molar-refractivity contribution in [2.45, 2.75) is 0 Å². The summed E-state index contributed by atoms with van der Waals surface area (Å²) in [4.78, 5) is 11.2. The molecule has 2 N–H and O–H groups in total. The highest BCUT2D eigenvalue weighted by Crippen LogP contribution is 2.17. The Morgan fingerprint density at radius 2 is 2.27 bits per heavy atom. The van der Waals surface area contributed by atoms with Crippen LogP contribution in [0.2, 0.25) is 0 Å². The molecule has 0 spiro atoms. The third kappa shape index (κ3) is 1.73. The summed E-state index contributed by atoms with van der Waals surface area (Å²) in [7, 11) is 3.54. The highest BCUT2D eigenvalue weighted by Gasteiger charge is 2.05. The molecule has 0 bridgehead atoms. The fraction of sp³-hybridized carbons (Fsp3) is 0.300. The van der Waals surface area contributed by atoms with Crippen molar-refractivity contribution in [2.75, 3.05) is 19.0 Å². The van der Waals surface area contributed by atoms with Crippen LogP contribution >= 0.6 is 0 Å². The largest absolute Gasteiger partial charge is 0.419 e. The van der Waals surface area contributed by atoms with E-state index in [1.165, 1.54) is 4.57 Å². The first-order valence-corrected chi connectivity index (χ1v) is 4.70. The monoisotopic (exact) mass is 207 g/mol. The molecule has 0 amide bonds. The van der Waals surface area contributed by atoms with E-state index >= 15 is 0 Å². The van der Waals surface area contributed by atoms with Gasteiger partial charge in [-0.2, -0.15) is 0 Å². The third-order valence-electron chi connectivity index (χ3n) is 2.26. The minimum Gasteiger partial charge on any atom is -0.408 e. The molecule has 2 rings (SSSR count). The van der Waals surface area contributed by atoms with Crippen LogP contribution in [0, 0.1) is 0 Å². The van der Waals surface area contributed by atoms with Crippen molar-refractivity contribution in [3.63, 3.8) is 0 Å². The van der Waals surface area contributed by atoms with Gasteiger partial charge in [-0.1, -0.05) is 0 Å². The number of fused-ring (bicyclic) bond motifs is 1. The zero-order chi connectivity index (χ0) is 10.8. The van der Waals surface area contributed by atoms with Crippen molar-refractivity contribution in [2.24, 2.45) is 7.05 Å². The van der Waals surface area contributed by atoms with E-state index in [2.05, 4.69) is 10.6 Å². The maximum atomic E-state index is 11.2. The average molecular weight is 207 g/mol. The van der Waals surface area contributed by atoms with Crippen LogP contribution in [-0.2, 0) is 7.05 Å². The highest BCUT2D eigenvalue weighted by molar-refractivity contribution is 5.77. The maximum Gasteiger partial charge on any atom is 0.419 e. The van der Waals surface area contributed by atoms with Crippen molar-refractivity contribution in [1.29, 1.82) is 0 Å². The van der Waals surface area contributed by atoms with Gasteiger partial charge in [0.2, 0.25) is 0 Å². The van der Waals surface area contributed by atoms with Crippen molar-refractivity contribution >= 4 is 16.8 Å². The van der Waals surface area contributed by atoms with E-state index in [1.54, 1.807) is 7.05 Å². The SMILES string of the molecule is CNCNc1ccc2c(c1)oc(=O)n2C. The molecule has 0 radical (unpaired) electrons. The summed E-state index contributed by atoms with van der Waals surface area (Å²) in [5, 5.41) is 6.10. The summed E-state index contributed by atoms with van der Waals surface area (Å²) in [5.74, 6) is -0.337. The summed E-state index contributed by atoms with van der Waals surface area (Å²) >= 11 is 0. The summed E-state index contributed by atoms with van der Waals surface area (Å²) in [5.41, 5.74) is 2.32. The molecule has 0 aliphatic carbocycles. The molecule has 0 unspecified atom stereocenters. The van der Waals surface area contributed by atoms with E-state index in [4.69, 9.17) is 4.42 Å². The molecular formula is C10H13N3O2. The predicted molar refractivity (Wildman–Crippen MR) is 59.0 cm³/mol. The van der Waals surface area contributed by atoms with Crippen molar-refractivity contribution in [1.82, 2.24) is 9.88 Å². The molecule has 0 aliphatic heterocycles. The van der Waals surface area contributed by atoms with Gasteiger partial charge in [-0.15, -0.1) is 0 Å². The van der Waals surface area contributed by atoms with Gasteiger partial charge in [-0.25, -0.2) is 4.79 Å². The second-order valence-corrected chi connectivity index (χ2v) is 3.32.